The normalized spacial score (nSPS) is 13.6. The van der Waals surface area contributed by atoms with E-state index in [1.807, 2.05) is 30.1 Å². The van der Waals surface area contributed by atoms with Gasteiger partial charge < -0.3 is 31.2 Å². The fourth-order valence-electron chi connectivity index (χ4n) is 5.10. The lowest BCUT2D eigenvalue weighted by Crippen LogP contribution is -2.38. The topological polar surface area (TPSA) is 161 Å². The third-order valence-electron chi connectivity index (χ3n) is 6.85. The summed E-state index contributed by atoms with van der Waals surface area (Å²) >= 11 is 1.26. The first-order valence-corrected chi connectivity index (χ1v) is 13.2. The third-order valence-corrected chi connectivity index (χ3v) is 7.84. The quantitative estimate of drug-likeness (QED) is 0.279. The second-order valence-electron chi connectivity index (χ2n) is 9.06. The Morgan fingerprint density at radius 2 is 2.08 bits per heavy atom. The molecule has 1 aliphatic rings. The molecule has 1 atom stereocenters. The molecule has 4 aromatic heterocycles. The number of thiophene rings is 1. The summed E-state index contributed by atoms with van der Waals surface area (Å²) in [5, 5.41) is 14.2. The zero-order valence-corrected chi connectivity index (χ0v) is 22.4. The number of rotatable bonds is 6. The van der Waals surface area contributed by atoms with Gasteiger partial charge in [-0.1, -0.05) is 18.2 Å². The van der Waals surface area contributed by atoms with Crippen molar-refractivity contribution in [1.29, 1.82) is 5.26 Å². The van der Waals surface area contributed by atoms with E-state index in [0.29, 0.717) is 46.1 Å². The Kier molecular flexibility index (Phi) is 6.41. The number of nitrogens with two attached hydrogens (primary N) is 2. The average Bonchev–Trinajstić information content (AvgIpc) is 3.19. The first kappa shape index (κ1) is 25.5. The number of halogens is 1. The molecule has 11 nitrogen and oxygen atoms in total. The molecule has 5 aromatic rings. The van der Waals surface area contributed by atoms with Crippen molar-refractivity contribution in [1.82, 2.24) is 25.3 Å². The molecule has 5 N–H and O–H groups in total. The Morgan fingerprint density at radius 3 is 2.83 bits per heavy atom. The molecule has 202 valence electrons. The van der Waals surface area contributed by atoms with Crippen molar-refractivity contribution in [3.05, 3.63) is 53.5 Å². The van der Waals surface area contributed by atoms with Gasteiger partial charge in [-0.25, -0.2) is 14.4 Å². The number of nitrogens with one attached hydrogen (secondary N) is 1. The highest BCUT2D eigenvalue weighted by atomic mass is 32.1. The molecule has 0 radical (unpaired) electrons. The fourth-order valence-corrected chi connectivity index (χ4v) is 6.05. The molecule has 0 aliphatic carbocycles. The summed E-state index contributed by atoms with van der Waals surface area (Å²) in [6.07, 6.45) is 1.63. The molecule has 1 aromatic carbocycles. The Labute approximate surface area is 232 Å². The van der Waals surface area contributed by atoms with E-state index in [1.165, 1.54) is 18.4 Å². The maximum Gasteiger partial charge on any atom is 0.318 e. The maximum atomic E-state index is 16.5. The minimum atomic E-state index is -0.696. The average molecular weight is 558 g/mol. The molecule has 0 bridgehead atoms. The lowest BCUT2D eigenvalue weighted by Gasteiger charge is -2.32. The first-order valence-electron chi connectivity index (χ1n) is 12.4. The van der Waals surface area contributed by atoms with Crippen molar-refractivity contribution in [2.45, 2.75) is 6.04 Å². The van der Waals surface area contributed by atoms with Gasteiger partial charge in [0.15, 0.2) is 5.82 Å². The molecule has 0 saturated heterocycles. The second-order valence-corrected chi connectivity index (χ2v) is 10.1. The van der Waals surface area contributed by atoms with Gasteiger partial charge >= 0.3 is 6.01 Å². The fraction of sp³-hybridized carbons (Fsp3) is 0.222. The number of nitriles is 1. The van der Waals surface area contributed by atoms with Gasteiger partial charge in [0.05, 0.1) is 25.3 Å². The standard InChI is InChI=1S/C27H24FN9O2S/c1-32-12-16(13-6-4-8-33-23(13)30)37-9-10-39-26-19-22(35-27(38-2)36-25(19)37)20(28)21(34-26)14-5-3-7-17-18(14)15(11-29)24(31)40-17/h3-8,16,32H,9-10,12,31H2,1-2H3,(H2,30,33). The smallest absolute Gasteiger partial charge is 0.318 e. The summed E-state index contributed by atoms with van der Waals surface area (Å²) in [4.78, 5) is 19.9. The number of aromatic nitrogens is 4. The summed E-state index contributed by atoms with van der Waals surface area (Å²) in [5.41, 5.74) is 13.8. The van der Waals surface area contributed by atoms with Crippen molar-refractivity contribution in [3.8, 4) is 29.2 Å². The van der Waals surface area contributed by atoms with E-state index in [4.69, 9.17) is 20.9 Å². The number of methoxy groups -OCH3 is 1. The Hall–Kier alpha value is -4.80. The summed E-state index contributed by atoms with van der Waals surface area (Å²) in [6, 6.07) is 10.8. The van der Waals surface area contributed by atoms with Crippen LogP contribution < -0.4 is 31.2 Å². The number of pyridine rings is 2. The third kappa shape index (κ3) is 3.96. The van der Waals surface area contributed by atoms with Gasteiger partial charge in [0.1, 0.15) is 45.9 Å². The van der Waals surface area contributed by atoms with E-state index in [1.54, 1.807) is 18.3 Å². The van der Waals surface area contributed by atoms with Gasteiger partial charge in [0.2, 0.25) is 5.88 Å². The van der Waals surface area contributed by atoms with Crippen LogP contribution in [-0.2, 0) is 0 Å². The molecule has 13 heteroatoms. The molecule has 0 saturated carbocycles. The largest absolute Gasteiger partial charge is 0.475 e. The first-order chi connectivity index (χ1) is 19.5. The van der Waals surface area contributed by atoms with E-state index in [9.17, 15) is 5.26 Å². The molecular formula is C27H24FN9O2S. The van der Waals surface area contributed by atoms with E-state index in [0.717, 1.165) is 10.3 Å². The Morgan fingerprint density at radius 1 is 1.23 bits per heavy atom. The Balaban J connectivity index is 1.63. The molecule has 1 aliphatic heterocycles. The molecule has 0 amide bonds. The van der Waals surface area contributed by atoms with E-state index in [-0.39, 0.29) is 41.3 Å². The van der Waals surface area contributed by atoms with Crippen LogP contribution in [0.4, 0.5) is 21.0 Å². The summed E-state index contributed by atoms with van der Waals surface area (Å²) in [7, 11) is 3.25. The Bertz CT molecular complexity index is 1820. The van der Waals surface area contributed by atoms with Crippen molar-refractivity contribution in [3.63, 3.8) is 0 Å². The van der Waals surface area contributed by atoms with Gasteiger partial charge in [-0.15, -0.1) is 11.3 Å². The van der Waals surface area contributed by atoms with Crippen LogP contribution in [0.2, 0.25) is 0 Å². The van der Waals surface area contributed by atoms with Crippen molar-refractivity contribution in [2.75, 3.05) is 50.2 Å². The van der Waals surface area contributed by atoms with Gasteiger partial charge in [-0.2, -0.15) is 15.2 Å². The van der Waals surface area contributed by atoms with Crippen molar-refractivity contribution < 1.29 is 13.9 Å². The number of ether oxygens (including phenoxy) is 2. The highest BCUT2D eigenvalue weighted by Gasteiger charge is 2.33. The van der Waals surface area contributed by atoms with Crippen LogP contribution in [0.1, 0.15) is 17.2 Å². The van der Waals surface area contributed by atoms with Crippen LogP contribution in [-0.4, -0.2) is 53.8 Å². The molecule has 1 unspecified atom stereocenters. The highest BCUT2D eigenvalue weighted by Crippen LogP contribution is 2.44. The minimum absolute atomic E-state index is 0.00849. The number of nitrogens with zero attached hydrogens (tertiary/aromatic N) is 6. The molecule has 0 spiro atoms. The SMILES string of the molecule is CNCC(c1cccnc1N)N1CCOc2nc(-c3cccc4sc(N)c(C#N)c34)c(F)c3nc(OC)nc1c23. The number of likely N-dealkylation sites (N-methyl/N-ethyl adjacent to an activating group) is 1. The second kappa shape index (κ2) is 10.1. The minimum Gasteiger partial charge on any atom is -0.475 e. The van der Waals surface area contributed by atoms with E-state index in [2.05, 4.69) is 31.3 Å². The number of hydrogen-bond donors (Lipinski definition) is 3. The molecule has 6 rings (SSSR count). The number of hydrogen-bond acceptors (Lipinski definition) is 12. The summed E-state index contributed by atoms with van der Waals surface area (Å²) < 4.78 is 28.8. The maximum absolute atomic E-state index is 16.5. The summed E-state index contributed by atoms with van der Waals surface area (Å²) in [5.74, 6) is 0.249. The van der Waals surface area contributed by atoms with Gasteiger partial charge in [0, 0.05) is 34.0 Å². The molecule has 40 heavy (non-hydrogen) atoms. The number of nitrogen functional groups attached to an aromatic ring is 2. The van der Waals surface area contributed by atoms with Crippen molar-refractivity contribution >= 4 is 49.0 Å². The molecule has 0 fully saturated rings. The lowest BCUT2D eigenvalue weighted by atomic mass is 10.0. The van der Waals surface area contributed by atoms with Gasteiger partial charge in [0.25, 0.3) is 0 Å². The number of benzene rings is 1. The predicted octanol–water partition coefficient (Wildman–Crippen LogP) is 3.64. The van der Waals surface area contributed by atoms with Crippen molar-refractivity contribution in [2.24, 2.45) is 0 Å². The van der Waals surface area contributed by atoms with Crippen LogP contribution in [0.3, 0.4) is 0 Å². The lowest BCUT2D eigenvalue weighted by molar-refractivity contribution is 0.315. The van der Waals surface area contributed by atoms with Crippen LogP contribution >= 0.6 is 11.3 Å². The monoisotopic (exact) mass is 557 g/mol. The van der Waals surface area contributed by atoms with Crippen LogP contribution in [0.25, 0.3) is 32.2 Å². The predicted molar refractivity (Wildman–Crippen MR) is 152 cm³/mol. The van der Waals surface area contributed by atoms with Crippen LogP contribution in [0.5, 0.6) is 11.9 Å². The molecule has 5 heterocycles. The zero-order chi connectivity index (χ0) is 28.0. The number of fused-ring (bicyclic) bond motifs is 1. The zero-order valence-electron chi connectivity index (χ0n) is 21.6. The van der Waals surface area contributed by atoms with E-state index < -0.39 is 5.82 Å². The number of anilines is 3. The summed E-state index contributed by atoms with van der Waals surface area (Å²) in [6.45, 7) is 1.11. The molecular weight excluding hydrogens is 533 g/mol. The van der Waals surface area contributed by atoms with E-state index >= 15 is 4.39 Å². The van der Waals surface area contributed by atoms with Gasteiger partial charge in [-0.05, 0) is 19.2 Å². The van der Waals surface area contributed by atoms with Crippen LogP contribution in [0, 0.1) is 17.1 Å². The highest BCUT2D eigenvalue weighted by molar-refractivity contribution is 7.23. The van der Waals surface area contributed by atoms with Gasteiger partial charge in [-0.3, -0.25) is 0 Å². The van der Waals surface area contributed by atoms with Crippen LogP contribution in [0.15, 0.2) is 36.5 Å².